The van der Waals surface area contributed by atoms with E-state index in [1.165, 1.54) is 12.1 Å². The molecule has 2 aromatic rings. The Morgan fingerprint density at radius 1 is 1.15 bits per heavy atom. The van der Waals surface area contributed by atoms with Crippen LogP contribution in [0.1, 0.15) is 43.2 Å². The first-order valence-corrected chi connectivity index (χ1v) is 11.3. The van der Waals surface area contributed by atoms with E-state index in [1.807, 2.05) is 0 Å². The molecule has 1 aromatic carbocycles. The van der Waals surface area contributed by atoms with Gasteiger partial charge in [-0.3, -0.25) is 4.90 Å². The quantitative estimate of drug-likeness (QED) is 0.428. The Kier molecular flexibility index (Phi) is 6.78. The van der Waals surface area contributed by atoms with Crippen LogP contribution in [-0.2, 0) is 6.54 Å². The average molecular weight is 460 g/mol. The summed E-state index contributed by atoms with van der Waals surface area (Å²) in [4.78, 5) is 23.9. The van der Waals surface area contributed by atoms with Gasteiger partial charge in [-0.25, -0.2) is 14.2 Å². The zero-order chi connectivity index (χ0) is 23.6. The summed E-state index contributed by atoms with van der Waals surface area (Å²) in [5.74, 6) is 0.138. The molecule has 2 amide bonds. The van der Waals surface area contributed by atoms with Crippen molar-refractivity contribution in [2.45, 2.75) is 57.2 Å². The number of aliphatic hydroxyl groups excluding tert-OH is 3. The fourth-order valence-corrected chi connectivity index (χ4v) is 4.53. The van der Waals surface area contributed by atoms with Gasteiger partial charge in [-0.2, -0.15) is 4.98 Å². The highest BCUT2D eigenvalue weighted by Crippen LogP contribution is 2.37. The van der Waals surface area contributed by atoms with Gasteiger partial charge in [0.1, 0.15) is 17.2 Å². The maximum Gasteiger partial charge on any atom is 0.323 e. The summed E-state index contributed by atoms with van der Waals surface area (Å²) < 4.78 is 13.8. The highest BCUT2D eigenvalue weighted by Gasteiger charge is 2.36. The molecule has 1 aromatic heterocycles. The Bertz CT molecular complexity index is 1020. The minimum Gasteiger partial charge on any atom is -0.394 e. The second kappa shape index (κ2) is 9.58. The number of rotatable bonds is 7. The molecule has 4 rings (SSSR count). The molecule has 0 unspecified atom stereocenters. The standard InChI is InChI=1S/C23H30FN5O4/c1-14-9-15(24)7-8-17(14)19-18-10-25-22(33)29(16-5-3-2-4-6-16)20(18)27-21(26-19)28-23(11-30,12-31)13-32/h7-9,16,30-32H,2-6,10-13H2,1H3,(H,25,33)(H,26,27,28). The third kappa shape index (κ3) is 4.50. The SMILES string of the molecule is Cc1cc(F)ccc1-c1nc(NC(CO)(CO)CO)nc2c1CNC(=O)N2C1CCCCC1. The lowest BCUT2D eigenvalue weighted by Crippen LogP contribution is -2.52. The van der Waals surface area contributed by atoms with Gasteiger partial charge < -0.3 is 26.0 Å². The van der Waals surface area contributed by atoms with Crippen molar-refractivity contribution in [1.29, 1.82) is 0 Å². The smallest absolute Gasteiger partial charge is 0.323 e. The monoisotopic (exact) mass is 459 g/mol. The van der Waals surface area contributed by atoms with Gasteiger partial charge in [0.05, 0.1) is 32.1 Å². The van der Waals surface area contributed by atoms with Gasteiger partial charge in [0.15, 0.2) is 0 Å². The van der Waals surface area contributed by atoms with Crippen molar-refractivity contribution >= 4 is 17.8 Å². The molecule has 1 aliphatic carbocycles. The highest BCUT2D eigenvalue weighted by molar-refractivity contribution is 5.96. The topological polar surface area (TPSA) is 131 Å². The number of halogens is 1. The van der Waals surface area contributed by atoms with E-state index >= 15 is 0 Å². The van der Waals surface area contributed by atoms with Crippen LogP contribution < -0.4 is 15.5 Å². The fraction of sp³-hybridized carbons (Fsp3) is 0.522. The molecule has 9 nitrogen and oxygen atoms in total. The van der Waals surface area contributed by atoms with E-state index in [4.69, 9.17) is 0 Å². The molecule has 1 saturated carbocycles. The Morgan fingerprint density at radius 2 is 1.85 bits per heavy atom. The zero-order valence-corrected chi connectivity index (χ0v) is 18.6. The van der Waals surface area contributed by atoms with Gasteiger partial charge in [0.25, 0.3) is 0 Å². The number of hydrogen-bond acceptors (Lipinski definition) is 7. The van der Waals surface area contributed by atoms with E-state index in [0.29, 0.717) is 28.2 Å². The number of aliphatic hydroxyl groups is 3. The third-order valence-corrected chi connectivity index (χ3v) is 6.52. The maximum atomic E-state index is 13.8. The molecule has 178 valence electrons. The number of carbonyl (C=O) groups excluding carboxylic acids is 1. The van der Waals surface area contributed by atoms with Crippen LogP contribution in [0.3, 0.4) is 0 Å². The number of aryl methyl sites for hydroxylation is 1. The summed E-state index contributed by atoms with van der Waals surface area (Å²) in [7, 11) is 0. The van der Waals surface area contributed by atoms with Crippen molar-refractivity contribution < 1.29 is 24.5 Å². The molecule has 0 bridgehead atoms. The van der Waals surface area contributed by atoms with Gasteiger partial charge in [0, 0.05) is 17.2 Å². The largest absolute Gasteiger partial charge is 0.394 e. The van der Waals surface area contributed by atoms with Crippen LogP contribution in [-0.4, -0.2) is 62.7 Å². The van der Waals surface area contributed by atoms with Crippen LogP contribution in [0.25, 0.3) is 11.3 Å². The number of nitrogens with one attached hydrogen (secondary N) is 2. The van der Waals surface area contributed by atoms with Gasteiger partial charge >= 0.3 is 6.03 Å². The highest BCUT2D eigenvalue weighted by atomic mass is 19.1. The number of anilines is 2. The Balaban J connectivity index is 1.89. The summed E-state index contributed by atoms with van der Waals surface area (Å²) in [5.41, 5.74) is 1.13. The third-order valence-electron chi connectivity index (χ3n) is 6.52. The number of amides is 2. The fourth-order valence-electron chi connectivity index (χ4n) is 4.53. The van der Waals surface area contributed by atoms with E-state index in [2.05, 4.69) is 20.6 Å². The molecule has 0 spiro atoms. The summed E-state index contributed by atoms with van der Waals surface area (Å²) in [5, 5.41) is 35.1. The van der Waals surface area contributed by atoms with Crippen LogP contribution in [0.2, 0.25) is 0 Å². The lowest BCUT2D eigenvalue weighted by molar-refractivity contribution is 0.0828. The Hall–Kier alpha value is -2.82. The van der Waals surface area contributed by atoms with Crippen LogP contribution in [0.5, 0.6) is 0 Å². The average Bonchev–Trinajstić information content (AvgIpc) is 2.83. The molecular formula is C23H30FN5O4. The molecule has 33 heavy (non-hydrogen) atoms. The minimum absolute atomic E-state index is 0.0130. The molecule has 0 atom stereocenters. The Morgan fingerprint density at radius 3 is 2.48 bits per heavy atom. The van der Waals surface area contributed by atoms with Gasteiger partial charge in [-0.15, -0.1) is 0 Å². The van der Waals surface area contributed by atoms with Crippen molar-refractivity contribution in [3.05, 3.63) is 35.1 Å². The molecule has 2 aliphatic rings. The van der Waals surface area contributed by atoms with Crippen molar-refractivity contribution in [3.63, 3.8) is 0 Å². The lowest BCUT2D eigenvalue weighted by atomic mass is 9.93. The van der Waals surface area contributed by atoms with E-state index in [1.54, 1.807) is 17.9 Å². The van der Waals surface area contributed by atoms with E-state index in [0.717, 1.165) is 32.1 Å². The minimum atomic E-state index is -1.45. The molecular weight excluding hydrogens is 429 g/mol. The van der Waals surface area contributed by atoms with Crippen molar-refractivity contribution in [2.24, 2.45) is 0 Å². The second-order valence-electron chi connectivity index (χ2n) is 8.86. The number of fused-ring (bicyclic) bond motifs is 1. The second-order valence-corrected chi connectivity index (χ2v) is 8.86. The molecule has 0 saturated heterocycles. The van der Waals surface area contributed by atoms with E-state index in [-0.39, 0.29) is 30.4 Å². The molecule has 5 N–H and O–H groups in total. The van der Waals surface area contributed by atoms with Gasteiger partial charge in [0.2, 0.25) is 5.95 Å². The van der Waals surface area contributed by atoms with Crippen molar-refractivity contribution in [3.8, 4) is 11.3 Å². The summed E-state index contributed by atoms with van der Waals surface area (Å²) in [6.45, 7) is 0.323. The zero-order valence-electron chi connectivity index (χ0n) is 18.6. The van der Waals surface area contributed by atoms with Crippen LogP contribution in [0.4, 0.5) is 21.0 Å². The molecule has 2 heterocycles. The molecule has 1 fully saturated rings. The number of benzene rings is 1. The number of aromatic nitrogens is 2. The molecule has 10 heteroatoms. The summed E-state index contributed by atoms with van der Waals surface area (Å²) >= 11 is 0. The van der Waals surface area contributed by atoms with Crippen molar-refractivity contribution in [1.82, 2.24) is 15.3 Å². The normalized spacial score (nSPS) is 17.0. The first-order valence-electron chi connectivity index (χ1n) is 11.3. The van der Waals surface area contributed by atoms with Crippen molar-refractivity contribution in [2.75, 3.05) is 30.0 Å². The number of hydrogen-bond donors (Lipinski definition) is 5. The van der Waals surface area contributed by atoms with Gasteiger partial charge in [-0.1, -0.05) is 19.3 Å². The Labute approximate surface area is 191 Å². The van der Waals surface area contributed by atoms with Crippen LogP contribution >= 0.6 is 0 Å². The predicted octanol–water partition coefficient (Wildman–Crippen LogP) is 2.08. The summed E-state index contributed by atoms with van der Waals surface area (Å²) in [6.07, 6.45) is 4.89. The molecule has 0 radical (unpaired) electrons. The first-order chi connectivity index (χ1) is 15.9. The molecule has 1 aliphatic heterocycles. The van der Waals surface area contributed by atoms with E-state index in [9.17, 15) is 24.5 Å². The lowest BCUT2D eigenvalue weighted by Gasteiger charge is -2.38. The maximum absolute atomic E-state index is 13.8. The van der Waals surface area contributed by atoms with Crippen LogP contribution in [0, 0.1) is 12.7 Å². The summed E-state index contributed by atoms with van der Waals surface area (Å²) in [6, 6.07) is 4.15. The van der Waals surface area contributed by atoms with Crippen LogP contribution in [0.15, 0.2) is 18.2 Å². The number of urea groups is 1. The van der Waals surface area contributed by atoms with E-state index < -0.39 is 25.4 Å². The van der Waals surface area contributed by atoms with Gasteiger partial charge in [-0.05, 0) is 43.5 Å². The number of carbonyl (C=O) groups is 1. The number of nitrogens with zero attached hydrogens (tertiary/aromatic N) is 3. The first kappa shape index (κ1) is 23.3. The predicted molar refractivity (Wildman–Crippen MR) is 121 cm³/mol.